The van der Waals surface area contributed by atoms with Gasteiger partial charge in [0.05, 0.1) is 13.1 Å². The van der Waals surface area contributed by atoms with Crippen molar-refractivity contribution in [3.8, 4) is 0 Å². The molecule has 0 spiro atoms. The minimum atomic E-state index is -0.0653. The Morgan fingerprint density at radius 1 is 1.62 bits per heavy atom. The summed E-state index contributed by atoms with van der Waals surface area (Å²) in [6.45, 7) is 2.53. The summed E-state index contributed by atoms with van der Waals surface area (Å²) in [5.74, 6) is -0.0653. The van der Waals surface area contributed by atoms with Crippen molar-refractivity contribution >= 4 is 61.5 Å². The second-order valence-electron chi connectivity index (χ2n) is 3.26. The zero-order chi connectivity index (χ0) is 11.4. The Hall–Kier alpha value is 0.380. The molecule has 1 amide bonds. The Morgan fingerprint density at radius 2 is 2.25 bits per heavy atom. The molecule has 3 N–H and O–H groups in total. The number of carbonyl (C=O) groups is 1. The van der Waals surface area contributed by atoms with E-state index in [1.807, 2.05) is 6.92 Å². The molecule has 1 rings (SSSR count). The normalized spacial score (nSPS) is 11.8. The number of thiophene rings is 1. The fourth-order valence-electron chi connectivity index (χ4n) is 1.00. The number of nitrogens with one attached hydrogen (secondary N) is 1. The molecule has 0 bridgehead atoms. The predicted molar refractivity (Wildman–Crippen MR) is 77.6 cm³/mol. The number of hydrogen-bond donors (Lipinski definition) is 2. The third-order valence-electron chi connectivity index (χ3n) is 1.79. The van der Waals surface area contributed by atoms with E-state index < -0.39 is 0 Å². The number of rotatable bonds is 4. The summed E-state index contributed by atoms with van der Waals surface area (Å²) in [4.78, 5) is 11.7. The van der Waals surface area contributed by atoms with Gasteiger partial charge in [0.2, 0.25) is 0 Å². The van der Waals surface area contributed by atoms with Crippen LogP contribution in [0.1, 0.15) is 23.7 Å². The molecule has 16 heavy (non-hydrogen) atoms. The molecule has 1 unspecified atom stereocenters. The molecule has 0 aliphatic carbocycles. The second-order valence-corrected chi connectivity index (χ2v) is 7.01. The molecule has 3 nitrogen and oxygen atoms in total. The zero-order valence-corrected chi connectivity index (χ0v) is 13.4. The standard InChI is InChI=1S/C9H12Br2N2OS.ClH/c1-5(12)2-3-13-9(14)6-4-7(10)15-8(6)11;/h4-5H,2-3,12H2,1H3,(H,13,14);1H. The van der Waals surface area contributed by atoms with Crippen LogP contribution in [0.4, 0.5) is 0 Å². The molecule has 92 valence electrons. The molecule has 1 aromatic rings. The van der Waals surface area contributed by atoms with Crippen molar-refractivity contribution in [1.29, 1.82) is 0 Å². The predicted octanol–water partition coefficient (Wildman–Crippen LogP) is 3.16. The van der Waals surface area contributed by atoms with Crippen LogP contribution in [0.5, 0.6) is 0 Å². The average molecular weight is 393 g/mol. The third kappa shape index (κ3) is 5.14. The summed E-state index contributed by atoms with van der Waals surface area (Å²) >= 11 is 8.16. The topological polar surface area (TPSA) is 55.1 Å². The Bertz CT molecular complexity index is 357. The average Bonchev–Trinajstić information content (AvgIpc) is 2.44. The Labute approximate surface area is 122 Å². The van der Waals surface area contributed by atoms with Crippen LogP contribution in [0.15, 0.2) is 13.6 Å². The lowest BCUT2D eigenvalue weighted by Gasteiger charge is -2.06. The highest BCUT2D eigenvalue weighted by Gasteiger charge is 2.12. The van der Waals surface area contributed by atoms with Crippen LogP contribution in [0.2, 0.25) is 0 Å². The first-order valence-corrected chi connectivity index (χ1v) is 6.89. The molecule has 7 heteroatoms. The fourth-order valence-corrected chi connectivity index (χ4v) is 3.80. The quantitative estimate of drug-likeness (QED) is 0.827. The number of nitrogens with two attached hydrogens (primary N) is 1. The molecule has 1 aromatic heterocycles. The first kappa shape index (κ1) is 16.4. The van der Waals surface area contributed by atoms with E-state index in [1.54, 1.807) is 6.07 Å². The van der Waals surface area contributed by atoms with E-state index in [1.165, 1.54) is 11.3 Å². The fraction of sp³-hybridized carbons (Fsp3) is 0.444. The number of halogens is 3. The van der Waals surface area contributed by atoms with Gasteiger partial charge in [-0.05, 0) is 51.3 Å². The maximum absolute atomic E-state index is 11.7. The lowest BCUT2D eigenvalue weighted by atomic mass is 10.2. The molecule has 1 heterocycles. The molecule has 0 fully saturated rings. The highest BCUT2D eigenvalue weighted by atomic mass is 79.9. The smallest absolute Gasteiger partial charge is 0.253 e. The van der Waals surface area contributed by atoms with Gasteiger partial charge in [0.1, 0.15) is 0 Å². The number of carbonyl (C=O) groups excluding carboxylic acids is 1. The first-order chi connectivity index (χ1) is 7.00. The van der Waals surface area contributed by atoms with Gasteiger partial charge in [-0.2, -0.15) is 0 Å². The molecule has 0 saturated carbocycles. The summed E-state index contributed by atoms with van der Waals surface area (Å²) < 4.78 is 1.78. The van der Waals surface area contributed by atoms with Gasteiger partial charge in [-0.15, -0.1) is 23.7 Å². The first-order valence-electron chi connectivity index (χ1n) is 4.49. The van der Waals surface area contributed by atoms with Gasteiger partial charge in [0.15, 0.2) is 0 Å². The largest absolute Gasteiger partial charge is 0.352 e. The Kier molecular flexibility index (Phi) is 7.84. The zero-order valence-electron chi connectivity index (χ0n) is 8.63. The van der Waals surface area contributed by atoms with Crippen molar-refractivity contribution in [2.45, 2.75) is 19.4 Å². The van der Waals surface area contributed by atoms with Gasteiger partial charge in [0.25, 0.3) is 5.91 Å². The van der Waals surface area contributed by atoms with Gasteiger partial charge in [0, 0.05) is 12.6 Å². The third-order valence-corrected chi connectivity index (χ3v) is 4.13. The van der Waals surface area contributed by atoms with E-state index >= 15 is 0 Å². The van der Waals surface area contributed by atoms with Gasteiger partial charge in [-0.1, -0.05) is 0 Å². The van der Waals surface area contributed by atoms with Crippen LogP contribution >= 0.6 is 55.6 Å². The van der Waals surface area contributed by atoms with Crippen molar-refractivity contribution in [3.05, 3.63) is 19.2 Å². The van der Waals surface area contributed by atoms with E-state index in [9.17, 15) is 4.79 Å². The molecule has 1 atom stereocenters. The van der Waals surface area contributed by atoms with Gasteiger partial charge in [-0.3, -0.25) is 4.79 Å². The van der Waals surface area contributed by atoms with Crippen molar-refractivity contribution in [2.75, 3.05) is 6.54 Å². The van der Waals surface area contributed by atoms with E-state index in [-0.39, 0.29) is 24.4 Å². The summed E-state index contributed by atoms with van der Waals surface area (Å²) in [6, 6.07) is 1.92. The molecule has 0 saturated heterocycles. The van der Waals surface area contributed by atoms with Crippen LogP contribution in [-0.2, 0) is 0 Å². The SMILES string of the molecule is CC(N)CCNC(=O)c1cc(Br)sc1Br.Cl. The lowest BCUT2D eigenvalue weighted by Crippen LogP contribution is -2.28. The lowest BCUT2D eigenvalue weighted by molar-refractivity contribution is 0.0952. The highest BCUT2D eigenvalue weighted by molar-refractivity contribution is 9.12. The van der Waals surface area contributed by atoms with Crippen molar-refractivity contribution in [1.82, 2.24) is 5.32 Å². The molecule has 0 aromatic carbocycles. The van der Waals surface area contributed by atoms with Gasteiger partial charge >= 0.3 is 0 Å². The van der Waals surface area contributed by atoms with Gasteiger partial charge in [-0.25, -0.2) is 0 Å². The van der Waals surface area contributed by atoms with E-state index in [2.05, 4.69) is 37.2 Å². The van der Waals surface area contributed by atoms with E-state index in [4.69, 9.17) is 5.73 Å². The highest BCUT2D eigenvalue weighted by Crippen LogP contribution is 2.31. The van der Waals surface area contributed by atoms with Crippen molar-refractivity contribution < 1.29 is 4.79 Å². The van der Waals surface area contributed by atoms with E-state index in [0.29, 0.717) is 12.1 Å². The number of amides is 1. The molecule has 0 aliphatic heterocycles. The Balaban J connectivity index is 0.00000225. The van der Waals surface area contributed by atoms with Crippen LogP contribution in [0, 0.1) is 0 Å². The van der Waals surface area contributed by atoms with Crippen LogP contribution < -0.4 is 11.1 Å². The number of hydrogen-bond acceptors (Lipinski definition) is 3. The summed E-state index contributed by atoms with van der Waals surface area (Å²) in [7, 11) is 0. The summed E-state index contributed by atoms with van der Waals surface area (Å²) in [6.07, 6.45) is 0.786. The molecular formula is C9H13Br2ClN2OS. The monoisotopic (exact) mass is 390 g/mol. The van der Waals surface area contributed by atoms with E-state index in [0.717, 1.165) is 14.0 Å². The van der Waals surface area contributed by atoms with Crippen LogP contribution in [0.25, 0.3) is 0 Å². The molecular weight excluding hydrogens is 379 g/mol. The van der Waals surface area contributed by atoms with Crippen molar-refractivity contribution in [2.24, 2.45) is 5.73 Å². The summed E-state index contributed by atoms with van der Waals surface area (Å²) in [5.41, 5.74) is 6.25. The van der Waals surface area contributed by atoms with Crippen LogP contribution in [0.3, 0.4) is 0 Å². The van der Waals surface area contributed by atoms with Crippen LogP contribution in [-0.4, -0.2) is 18.5 Å². The maximum Gasteiger partial charge on any atom is 0.253 e. The summed E-state index contributed by atoms with van der Waals surface area (Å²) in [5, 5.41) is 2.82. The molecule has 0 radical (unpaired) electrons. The Morgan fingerprint density at radius 3 is 2.69 bits per heavy atom. The minimum absolute atomic E-state index is 0. The minimum Gasteiger partial charge on any atom is -0.352 e. The molecule has 0 aliphatic rings. The second kappa shape index (κ2) is 7.66. The van der Waals surface area contributed by atoms with Gasteiger partial charge < -0.3 is 11.1 Å². The maximum atomic E-state index is 11.7. The van der Waals surface area contributed by atoms with Crippen molar-refractivity contribution in [3.63, 3.8) is 0 Å².